The van der Waals surface area contributed by atoms with Crippen LogP contribution in [0.3, 0.4) is 0 Å². The molecular formula is C57H32N4S2. The van der Waals surface area contributed by atoms with E-state index in [4.69, 9.17) is 15.0 Å². The molecule has 0 bridgehead atoms. The average Bonchev–Trinajstić information content (AvgIpc) is 4.03. The maximum Gasteiger partial charge on any atom is 0.165 e. The zero-order chi connectivity index (χ0) is 41.2. The molecule has 0 aliphatic heterocycles. The smallest absolute Gasteiger partial charge is 0.165 e. The fourth-order valence-electron chi connectivity index (χ4n) is 10.0. The number of hydrogen-bond donors (Lipinski definition) is 0. The summed E-state index contributed by atoms with van der Waals surface area (Å²) >= 11 is 3.62. The quantitative estimate of drug-likeness (QED) is 0.177. The van der Waals surface area contributed by atoms with Crippen LogP contribution in [0.15, 0.2) is 194 Å². The van der Waals surface area contributed by atoms with E-state index in [9.17, 15) is 0 Å². The largest absolute Gasteiger partial charge is 0.309 e. The van der Waals surface area contributed by atoms with Gasteiger partial charge in [0.2, 0.25) is 0 Å². The molecule has 0 spiro atoms. The topological polar surface area (TPSA) is 43.6 Å². The highest BCUT2D eigenvalue weighted by molar-refractivity contribution is 7.26. The van der Waals surface area contributed by atoms with Gasteiger partial charge in [0.15, 0.2) is 17.5 Å². The number of nitrogens with zero attached hydrogens (tertiary/aromatic N) is 4. The van der Waals surface area contributed by atoms with Crippen LogP contribution in [0.5, 0.6) is 0 Å². The Labute approximate surface area is 368 Å². The molecule has 4 aromatic heterocycles. The van der Waals surface area contributed by atoms with Crippen LogP contribution in [-0.2, 0) is 0 Å². The number of rotatable bonds is 4. The third-order valence-corrected chi connectivity index (χ3v) is 15.1. The summed E-state index contributed by atoms with van der Waals surface area (Å²) in [5.41, 5.74) is 6.30. The van der Waals surface area contributed by atoms with Gasteiger partial charge in [-0.05, 0) is 74.8 Å². The van der Waals surface area contributed by atoms with E-state index in [2.05, 4.69) is 193 Å². The van der Waals surface area contributed by atoms with Gasteiger partial charge in [-0.15, -0.1) is 22.7 Å². The molecule has 0 unspecified atom stereocenters. The number of aromatic nitrogens is 4. The van der Waals surface area contributed by atoms with Gasteiger partial charge in [-0.25, -0.2) is 15.0 Å². The minimum absolute atomic E-state index is 0.644. The zero-order valence-electron chi connectivity index (χ0n) is 33.6. The summed E-state index contributed by atoms with van der Waals surface area (Å²) in [7, 11) is 0. The molecule has 0 aliphatic carbocycles. The second kappa shape index (κ2) is 13.4. The first-order valence-corrected chi connectivity index (χ1v) is 22.8. The molecular weight excluding hydrogens is 805 g/mol. The van der Waals surface area contributed by atoms with E-state index in [0.717, 1.165) is 43.5 Å². The Bertz CT molecular complexity index is 4120. The lowest BCUT2D eigenvalue weighted by atomic mass is 9.98. The molecule has 14 aromatic rings. The van der Waals surface area contributed by atoms with Crippen LogP contribution in [0, 0.1) is 0 Å². The van der Waals surface area contributed by atoms with Crippen molar-refractivity contribution >= 4 is 117 Å². The normalized spacial score (nSPS) is 12.1. The number of fused-ring (bicyclic) bond motifs is 15. The van der Waals surface area contributed by atoms with Gasteiger partial charge in [-0.3, -0.25) is 0 Å². The first kappa shape index (κ1) is 34.9. The van der Waals surface area contributed by atoms with Crippen molar-refractivity contribution in [3.8, 4) is 39.9 Å². The van der Waals surface area contributed by atoms with Crippen LogP contribution >= 0.6 is 22.7 Å². The SMILES string of the molecule is c1ccc(-c2nc(-c3cc4sc5ccccc5c4c4ccccc34)nc(-c3cc(-n4c5ccc6ccccc6c5c5c6ccccc6ccc54)cc4c3sc3ccccc34)n2)cc1. The number of hydrogen-bond acceptors (Lipinski definition) is 5. The van der Waals surface area contributed by atoms with Crippen LogP contribution in [0.1, 0.15) is 0 Å². The predicted octanol–water partition coefficient (Wildman–Crippen LogP) is 16.2. The summed E-state index contributed by atoms with van der Waals surface area (Å²) in [5, 5.41) is 14.7. The Hall–Kier alpha value is -7.77. The molecule has 0 amide bonds. The molecule has 0 radical (unpaired) electrons. The van der Waals surface area contributed by atoms with Gasteiger partial charge in [0, 0.05) is 73.5 Å². The van der Waals surface area contributed by atoms with Gasteiger partial charge < -0.3 is 4.57 Å². The van der Waals surface area contributed by atoms with E-state index in [1.54, 1.807) is 11.3 Å². The van der Waals surface area contributed by atoms with Crippen LogP contribution in [0.25, 0.3) is 134 Å². The summed E-state index contributed by atoms with van der Waals surface area (Å²) in [6.07, 6.45) is 0. The monoisotopic (exact) mass is 836 g/mol. The van der Waals surface area contributed by atoms with Crippen LogP contribution in [-0.4, -0.2) is 19.5 Å². The fourth-order valence-corrected chi connectivity index (χ4v) is 12.4. The summed E-state index contributed by atoms with van der Waals surface area (Å²) in [5.74, 6) is 1.95. The molecule has 292 valence electrons. The van der Waals surface area contributed by atoms with E-state index in [0.29, 0.717) is 17.5 Å². The fraction of sp³-hybridized carbons (Fsp3) is 0. The van der Waals surface area contributed by atoms with Crippen molar-refractivity contribution < 1.29 is 0 Å². The van der Waals surface area contributed by atoms with Crippen molar-refractivity contribution in [2.45, 2.75) is 0 Å². The van der Waals surface area contributed by atoms with Gasteiger partial charge in [-0.1, -0.05) is 152 Å². The van der Waals surface area contributed by atoms with Gasteiger partial charge >= 0.3 is 0 Å². The van der Waals surface area contributed by atoms with Gasteiger partial charge in [0.1, 0.15) is 0 Å². The van der Waals surface area contributed by atoms with Crippen molar-refractivity contribution in [2.75, 3.05) is 0 Å². The summed E-state index contributed by atoms with van der Waals surface area (Å²) < 4.78 is 7.32. The molecule has 0 aliphatic rings. The van der Waals surface area contributed by atoms with E-state index >= 15 is 0 Å². The molecule has 63 heavy (non-hydrogen) atoms. The van der Waals surface area contributed by atoms with Crippen molar-refractivity contribution in [3.05, 3.63) is 194 Å². The summed E-state index contributed by atoms with van der Waals surface area (Å²) in [4.78, 5) is 16.3. The number of benzene rings is 10. The maximum absolute atomic E-state index is 5.54. The highest BCUT2D eigenvalue weighted by Crippen LogP contribution is 2.46. The lowest BCUT2D eigenvalue weighted by molar-refractivity contribution is 1.08. The molecule has 0 fully saturated rings. The van der Waals surface area contributed by atoms with E-state index in [1.807, 2.05) is 17.4 Å². The Morgan fingerprint density at radius 1 is 0.333 bits per heavy atom. The summed E-state index contributed by atoms with van der Waals surface area (Å²) in [6.45, 7) is 0. The second-order valence-corrected chi connectivity index (χ2v) is 18.4. The first-order valence-electron chi connectivity index (χ1n) is 21.2. The van der Waals surface area contributed by atoms with E-state index in [1.165, 1.54) is 73.3 Å². The van der Waals surface area contributed by atoms with E-state index < -0.39 is 0 Å². The summed E-state index contributed by atoms with van der Waals surface area (Å²) in [6, 6.07) is 70.1. The number of thiophene rings is 2. The Morgan fingerprint density at radius 2 is 0.873 bits per heavy atom. The third-order valence-electron chi connectivity index (χ3n) is 12.8. The molecule has 0 N–H and O–H groups in total. The minimum Gasteiger partial charge on any atom is -0.309 e. The van der Waals surface area contributed by atoms with Crippen LogP contribution in [0.2, 0.25) is 0 Å². The molecule has 0 saturated carbocycles. The second-order valence-electron chi connectivity index (χ2n) is 16.3. The third kappa shape index (κ3) is 5.17. The lowest BCUT2D eigenvalue weighted by Gasteiger charge is -2.14. The van der Waals surface area contributed by atoms with Gasteiger partial charge in [-0.2, -0.15) is 0 Å². The van der Waals surface area contributed by atoms with Crippen LogP contribution < -0.4 is 0 Å². The Kier molecular flexibility index (Phi) is 7.40. The maximum atomic E-state index is 5.54. The van der Waals surface area contributed by atoms with Gasteiger partial charge in [0.05, 0.1) is 11.0 Å². The van der Waals surface area contributed by atoms with Crippen molar-refractivity contribution in [1.82, 2.24) is 19.5 Å². The zero-order valence-corrected chi connectivity index (χ0v) is 35.2. The van der Waals surface area contributed by atoms with Crippen molar-refractivity contribution in [1.29, 1.82) is 0 Å². The molecule has 14 rings (SSSR count). The Morgan fingerprint density at radius 3 is 1.57 bits per heavy atom. The molecule has 4 heterocycles. The van der Waals surface area contributed by atoms with Crippen molar-refractivity contribution in [2.24, 2.45) is 0 Å². The predicted molar refractivity (Wildman–Crippen MR) is 269 cm³/mol. The molecule has 0 atom stereocenters. The highest BCUT2D eigenvalue weighted by Gasteiger charge is 2.23. The molecule has 10 aromatic carbocycles. The molecule has 6 heteroatoms. The van der Waals surface area contributed by atoms with Gasteiger partial charge in [0.25, 0.3) is 0 Å². The highest BCUT2D eigenvalue weighted by atomic mass is 32.1. The first-order chi connectivity index (χ1) is 31.2. The van der Waals surface area contributed by atoms with E-state index in [-0.39, 0.29) is 0 Å². The standard InChI is InChI=1S/C57H32N4S2/c1-2-16-35(17-3-1)55-58-56(44-32-50-51(41-22-9-8-20-39(41)44)42-23-11-13-25-49(42)62-50)60-57(59-55)45-31-36(30-43-40-21-10-12-24-48(40)63-54(43)45)61-46-28-26-33-14-4-6-18-37(33)52(46)53-38-19-7-5-15-34(38)27-29-47(53)61/h1-32H. The Balaban J connectivity index is 1.10. The molecule has 0 saturated heterocycles. The van der Waals surface area contributed by atoms with Crippen LogP contribution in [0.4, 0.5) is 0 Å². The van der Waals surface area contributed by atoms with Crippen molar-refractivity contribution in [3.63, 3.8) is 0 Å². The average molecular weight is 837 g/mol. The molecule has 4 nitrogen and oxygen atoms in total. The lowest BCUT2D eigenvalue weighted by Crippen LogP contribution is -2.02. The minimum atomic E-state index is 0.644.